The number of aliphatic hydroxyl groups excluding tert-OH is 3. The van der Waals surface area contributed by atoms with Crippen molar-refractivity contribution in [1.82, 2.24) is 0 Å². The molecule has 0 heterocycles. The number of rotatable bonds is 43. The van der Waals surface area contributed by atoms with E-state index in [2.05, 4.69) is 13.8 Å². The van der Waals surface area contributed by atoms with E-state index in [1.807, 2.05) is 0 Å². The van der Waals surface area contributed by atoms with Crippen LogP contribution < -0.4 is 0 Å². The van der Waals surface area contributed by atoms with Gasteiger partial charge < -0.3 is 29.6 Å². The van der Waals surface area contributed by atoms with Crippen LogP contribution >= 0.6 is 8.03 Å². The molecule has 9 nitrogen and oxygen atoms in total. The summed E-state index contributed by atoms with van der Waals surface area (Å²) in [7, 11) is -2.02. The molecule has 52 heavy (non-hydrogen) atoms. The maximum absolute atomic E-state index is 13.0. The molecule has 0 spiro atoms. The Bertz CT molecular complexity index is 783. The van der Waals surface area contributed by atoms with Crippen molar-refractivity contribution in [2.45, 2.75) is 206 Å². The minimum absolute atomic E-state index is 0.0567. The second-order valence-corrected chi connectivity index (χ2v) is 16.9. The zero-order valence-corrected chi connectivity index (χ0v) is 35.0. The standard InChI is InChI=1S/C42H85NO8P/c1-3-5-7-9-11-13-15-17-18-20-22-24-26-28-35-50-39-41(29-27-25-23-21-19-16-14-12-10-8-6-4-2)51-52(49)36-30-40(46)37-43(31-33-44,32-34-45)38-42(47)48/h40-41,44-46H,3-39H2,1-2H3/q+1/p+1. The molecule has 0 aliphatic rings. The summed E-state index contributed by atoms with van der Waals surface area (Å²) < 4.78 is 24.9. The van der Waals surface area contributed by atoms with E-state index in [4.69, 9.17) is 9.26 Å². The van der Waals surface area contributed by atoms with Crippen LogP contribution in [-0.4, -0.2) is 102 Å². The Balaban J connectivity index is 4.52. The zero-order valence-electron chi connectivity index (χ0n) is 34.1. The highest BCUT2D eigenvalue weighted by Crippen LogP contribution is 2.29. The van der Waals surface area contributed by atoms with Gasteiger partial charge >= 0.3 is 14.0 Å². The van der Waals surface area contributed by atoms with Crippen molar-refractivity contribution in [3.8, 4) is 0 Å². The van der Waals surface area contributed by atoms with Crippen molar-refractivity contribution in [3.05, 3.63) is 0 Å². The number of carbonyl (C=O) groups is 1. The van der Waals surface area contributed by atoms with Crippen LogP contribution in [-0.2, 0) is 18.6 Å². The molecule has 0 rings (SSSR count). The maximum atomic E-state index is 13.0. The molecule has 0 aromatic rings. The number of nitrogens with zero attached hydrogens (tertiary/aromatic N) is 1. The van der Waals surface area contributed by atoms with Crippen molar-refractivity contribution in [3.63, 3.8) is 0 Å². The lowest BCUT2D eigenvalue weighted by molar-refractivity contribution is -0.924. The van der Waals surface area contributed by atoms with E-state index < -0.39 is 20.1 Å². The van der Waals surface area contributed by atoms with Gasteiger partial charge in [-0.25, -0.2) is 4.79 Å². The lowest BCUT2D eigenvalue weighted by atomic mass is 10.0. The molecule has 0 fully saturated rings. The predicted molar refractivity (Wildman–Crippen MR) is 216 cm³/mol. The second-order valence-electron chi connectivity index (χ2n) is 15.5. The van der Waals surface area contributed by atoms with E-state index in [1.165, 1.54) is 148 Å². The Morgan fingerprint density at radius 3 is 1.42 bits per heavy atom. The van der Waals surface area contributed by atoms with E-state index in [1.54, 1.807) is 0 Å². The summed E-state index contributed by atoms with van der Waals surface area (Å²) >= 11 is 0. The number of hydrogen-bond acceptors (Lipinski definition) is 7. The van der Waals surface area contributed by atoms with Gasteiger partial charge in [0.25, 0.3) is 0 Å². The van der Waals surface area contributed by atoms with Gasteiger partial charge in [0, 0.05) is 13.0 Å². The summed E-state index contributed by atoms with van der Waals surface area (Å²) in [6, 6.07) is 0. The Morgan fingerprint density at radius 1 is 0.615 bits per heavy atom. The Labute approximate surface area is 321 Å². The van der Waals surface area contributed by atoms with Crippen LogP contribution in [0.2, 0.25) is 0 Å². The van der Waals surface area contributed by atoms with E-state index >= 15 is 0 Å². The first-order valence-corrected chi connectivity index (χ1v) is 23.3. The molecule has 10 heteroatoms. The van der Waals surface area contributed by atoms with Crippen molar-refractivity contribution in [1.29, 1.82) is 0 Å². The number of ether oxygens (including phenoxy) is 1. The van der Waals surface area contributed by atoms with Crippen LogP contribution in [0.3, 0.4) is 0 Å². The lowest BCUT2D eigenvalue weighted by Crippen LogP contribution is -2.57. The fourth-order valence-corrected chi connectivity index (χ4v) is 8.35. The van der Waals surface area contributed by atoms with Gasteiger partial charge in [-0.2, -0.15) is 0 Å². The third-order valence-electron chi connectivity index (χ3n) is 10.5. The highest BCUT2D eigenvalue weighted by atomic mass is 31.1. The van der Waals surface area contributed by atoms with Crippen LogP contribution in [0.15, 0.2) is 0 Å². The predicted octanol–water partition coefficient (Wildman–Crippen LogP) is 10.3. The molecule has 0 aromatic heterocycles. The Kier molecular flexibility index (Phi) is 38.1. The SMILES string of the molecule is CCCCCCCCCCCCCCCCOCC(CCCCCCCCCCCCCC)O[P+](=O)CCC(O)C[N+](CCO)(CCO)CC(=O)O. The summed E-state index contributed by atoms with van der Waals surface area (Å²) in [5.41, 5.74) is 0. The maximum Gasteiger partial charge on any atom is 0.508 e. The van der Waals surface area contributed by atoms with Crippen LogP contribution in [0.1, 0.15) is 194 Å². The lowest BCUT2D eigenvalue weighted by Gasteiger charge is -2.37. The summed E-state index contributed by atoms with van der Waals surface area (Å²) in [4.78, 5) is 11.5. The zero-order chi connectivity index (χ0) is 38.4. The molecule has 3 unspecified atom stereocenters. The molecule has 0 saturated carbocycles. The summed E-state index contributed by atoms with van der Waals surface area (Å²) in [6.07, 6.45) is 33.8. The molecule has 0 radical (unpaired) electrons. The monoisotopic (exact) mass is 764 g/mol. The van der Waals surface area contributed by atoms with E-state index in [9.17, 15) is 29.8 Å². The normalized spacial score (nSPS) is 13.4. The minimum Gasteiger partial charge on any atom is -0.477 e. The van der Waals surface area contributed by atoms with Crippen molar-refractivity contribution < 1.29 is 43.5 Å². The highest BCUT2D eigenvalue weighted by Gasteiger charge is 2.34. The van der Waals surface area contributed by atoms with E-state index in [0.717, 1.165) is 25.7 Å². The summed E-state index contributed by atoms with van der Waals surface area (Å²) in [5.74, 6) is -1.06. The molecular weight excluding hydrogens is 677 g/mol. The Morgan fingerprint density at radius 2 is 1.02 bits per heavy atom. The number of hydrogen-bond donors (Lipinski definition) is 4. The molecular formula is C42H86NO8P+2. The summed E-state index contributed by atoms with van der Waals surface area (Å²) in [5, 5.41) is 39.2. The number of carboxylic acid groups (broad SMARTS) is 1. The molecule has 0 saturated heterocycles. The van der Waals surface area contributed by atoms with Crippen LogP contribution in [0.25, 0.3) is 0 Å². The average molecular weight is 764 g/mol. The van der Waals surface area contributed by atoms with Crippen molar-refractivity contribution in [2.24, 2.45) is 0 Å². The molecule has 310 valence electrons. The molecule has 4 N–H and O–H groups in total. The van der Waals surface area contributed by atoms with Crippen molar-refractivity contribution >= 4 is 14.0 Å². The molecule has 3 atom stereocenters. The number of aliphatic carboxylic acids is 1. The molecule has 0 aliphatic heterocycles. The van der Waals surface area contributed by atoms with Gasteiger partial charge in [0.2, 0.25) is 0 Å². The average Bonchev–Trinajstić information content (AvgIpc) is 3.10. The van der Waals surface area contributed by atoms with Crippen LogP contribution in [0.5, 0.6) is 0 Å². The van der Waals surface area contributed by atoms with E-state index in [-0.39, 0.29) is 62.6 Å². The van der Waals surface area contributed by atoms with Crippen LogP contribution in [0.4, 0.5) is 0 Å². The van der Waals surface area contributed by atoms with Gasteiger partial charge in [-0.15, -0.1) is 4.52 Å². The highest BCUT2D eigenvalue weighted by molar-refractivity contribution is 7.39. The van der Waals surface area contributed by atoms with Gasteiger partial charge in [-0.1, -0.05) is 174 Å². The Hall–Kier alpha value is -0.670. The van der Waals surface area contributed by atoms with Gasteiger partial charge in [-0.05, 0) is 17.4 Å². The molecule has 0 aliphatic carbocycles. The fourth-order valence-electron chi connectivity index (χ4n) is 7.23. The van der Waals surface area contributed by atoms with E-state index in [0.29, 0.717) is 13.2 Å². The smallest absolute Gasteiger partial charge is 0.477 e. The molecule has 0 amide bonds. The van der Waals surface area contributed by atoms with Gasteiger partial charge in [-0.3, -0.25) is 0 Å². The first kappa shape index (κ1) is 51.3. The third kappa shape index (κ3) is 33.9. The first-order chi connectivity index (χ1) is 25.3. The third-order valence-corrected chi connectivity index (χ3v) is 11.6. The number of unbranched alkanes of at least 4 members (excludes halogenated alkanes) is 24. The quantitative estimate of drug-likeness (QED) is 0.0274. The number of quaternary nitrogens is 1. The number of carboxylic acids is 1. The largest absolute Gasteiger partial charge is 0.508 e. The van der Waals surface area contributed by atoms with Crippen LogP contribution in [0, 0.1) is 0 Å². The van der Waals surface area contributed by atoms with Gasteiger partial charge in [0.15, 0.2) is 12.7 Å². The minimum atomic E-state index is -2.02. The molecule has 0 aromatic carbocycles. The fraction of sp³-hybridized carbons (Fsp3) is 0.976. The second kappa shape index (κ2) is 38.6. The first-order valence-electron chi connectivity index (χ1n) is 22.0. The van der Waals surface area contributed by atoms with Crippen molar-refractivity contribution in [2.75, 3.05) is 58.8 Å². The van der Waals surface area contributed by atoms with Gasteiger partial charge in [0.05, 0.1) is 19.8 Å². The summed E-state index contributed by atoms with van der Waals surface area (Å²) in [6.45, 7) is 5.11. The number of aliphatic hydroxyl groups is 3. The molecule has 0 bridgehead atoms. The van der Waals surface area contributed by atoms with Gasteiger partial charge in [0.1, 0.15) is 31.8 Å². The topological polar surface area (TPSA) is 134 Å².